The molecule has 1 aliphatic rings. The third kappa shape index (κ3) is 7.27. The number of nitrogens with one attached hydrogen (secondary N) is 3. The first kappa shape index (κ1) is 25.7. The summed E-state index contributed by atoms with van der Waals surface area (Å²) in [5.41, 5.74) is 0.557. The summed E-state index contributed by atoms with van der Waals surface area (Å²) in [6.45, 7) is 3.10. The quantitative estimate of drug-likeness (QED) is 0.438. The lowest BCUT2D eigenvalue weighted by molar-refractivity contribution is -0.119. The molecule has 1 fully saturated rings. The number of hydrogen-bond acceptors (Lipinski definition) is 9. The van der Waals surface area contributed by atoms with E-state index in [1.807, 2.05) is 0 Å². The molecule has 0 radical (unpaired) electrons. The lowest BCUT2D eigenvalue weighted by atomic mass is 9.96. The van der Waals surface area contributed by atoms with Crippen LogP contribution in [0.5, 0.6) is 0 Å². The number of ether oxygens (including phenoxy) is 2. The second-order valence-corrected chi connectivity index (χ2v) is 10.5. The molecule has 1 saturated heterocycles. The van der Waals surface area contributed by atoms with Crippen LogP contribution in [-0.2, 0) is 24.3 Å². The van der Waals surface area contributed by atoms with Crippen molar-refractivity contribution >= 4 is 49.9 Å². The Hall–Kier alpha value is -2.96. The van der Waals surface area contributed by atoms with Gasteiger partial charge in [-0.3, -0.25) is 9.52 Å². The summed E-state index contributed by atoms with van der Waals surface area (Å²) in [6.07, 6.45) is 2.86. The highest BCUT2D eigenvalue weighted by Crippen LogP contribution is 2.37. The Labute approximate surface area is 202 Å². The van der Waals surface area contributed by atoms with Gasteiger partial charge in [-0.05, 0) is 63.0 Å². The van der Waals surface area contributed by atoms with Crippen LogP contribution >= 0.6 is 11.3 Å². The van der Waals surface area contributed by atoms with Crippen LogP contribution in [0.4, 0.5) is 10.7 Å². The van der Waals surface area contributed by atoms with E-state index in [1.165, 1.54) is 35.6 Å². The van der Waals surface area contributed by atoms with E-state index in [0.29, 0.717) is 5.00 Å². The number of carbonyl (C=O) groups is 3. The standard InChI is InChI=1S/C22H27N3O7S2/c1-3-31-22(28)17-12-18(14-7-9-23-10-8-14)33-20(17)24-19(26)13-32-21(27)15-5-4-6-16(11-15)25-34(2,29)30/h4-6,11-12,14,23,25H,3,7-10,13H2,1-2H3,(H,24,26). The van der Waals surface area contributed by atoms with E-state index in [1.54, 1.807) is 13.0 Å². The van der Waals surface area contributed by atoms with Gasteiger partial charge in [0.2, 0.25) is 10.0 Å². The molecule has 3 rings (SSSR count). The van der Waals surface area contributed by atoms with Gasteiger partial charge in [0.1, 0.15) is 5.00 Å². The summed E-state index contributed by atoms with van der Waals surface area (Å²) >= 11 is 1.32. The van der Waals surface area contributed by atoms with Crippen LogP contribution < -0.4 is 15.4 Å². The number of thiophene rings is 1. The van der Waals surface area contributed by atoms with Crippen LogP contribution in [-0.4, -0.2) is 58.8 Å². The molecule has 0 unspecified atom stereocenters. The van der Waals surface area contributed by atoms with Gasteiger partial charge >= 0.3 is 11.9 Å². The van der Waals surface area contributed by atoms with Crippen molar-refractivity contribution in [3.63, 3.8) is 0 Å². The van der Waals surface area contributed by atoms with Gasteiger partial charge in [0.15, 0.2) is 6.61 Å². The van der Waals surface area contributed by atoms with Crippen LogP contribution in [0.1, 0.15) is 51.3 Å². The van der Waals surface area contributed by atoms with Crippen molar-refractivity contribution in [1.82, 2.24) is 5.32 Å². The molecule has 0 atom stereocenters. The molecule has 0 aliphatic carbocycles. The second-order valence-electron chi connectivity index (χ2n) is 7.72. The molecule has 0 bridgehead atoms. The van der Waals surface area contributed by atoms with E-state index in [9.17, 15) is 22.8 Å². The SMILES string of the molecule is CCOC(=O)c1cc(C2CCNCC2)sc1NC(=O)COC(=O)c1cccc(NS(C)(=O)=O)c1. The molecule has 1 aromatic heterocycles. The fraction of sp³-hybridized carbons (Fsp3) is 0.409. The molecule has 34 heavy (non-hydrogen) atoms. The number of esters is 2. The topological polar surface area (TPSA) is 140 Å². The molecule has 1 aromatic carbocycles. The third-order valence-electron chi connectivity index (χ3n) is 4.98. The molecule has 0 spiro atoms. The number of amides is 1. The summed E-state index contributed by atoms with van der Waals surface area (Å²) in [7, 11) is -3.51. The normalized spacial score (nSPS) is 14.3. The fourth-order valence-corrected chi connectivity index (χ4v) is 5.26. The fourth-order valence-electron chi connectivity index (χ4n) is 3.47. The Morgan fingerprint density at radius 2 is 1.85 bits per heavy atom. The lowest BCUT2D eigenvalue weighted by Gasteiger charge is -2.21. The van der Waals surface area contributed by atoms with Crippen LogP contribution in [0, 0.1) is 0 Å². The van der Waals surface area contributed by atoms with Gasteiger partial charge in [-0.25, -0.2) is 18.0 Å². The Morgan fingerprint density at radius 1 is 1.12 bits per heavy atom. The number of anilines is 2. The van der Waals surface area contributed by atoms with Crippen molar-refractivity contribution in [1.29, 1.82) is 0 Å². The first-order chi connectivity index (χ1) is 16.2. The summed E-state index contributed by atoms with van der Waals surface area (Å²) in [5.74, 6) is -1.64. The minimum absolute atomic E-state index is 0.0815. The third-order valence-corrected chi connectivity index (χ3v) is 6.80. The highest BCUT2D eigenvalue weighted by Gasteiger charge is 2.24. The van der Waals surface area contributed by atoms with Crippen LogP contribution in [0.3, 0.4) is 0 Å². The zero-order chi connectivity index (χ0) is 24.7. The second kappa shape index (κ2) is 11.4. The number of piperidine rings is 1. The Morgan fingerprint density at radius 3 is 2.53 bits per heavy atom. The predicted molar refractivity (Wildman–Crippen MR) is 129 cm³/mol. The smallest absolute Gasteiger partial charge is 0.341 e. The van der Waals surface area contributed by atoms with E-state index in [4.69, 9.17) is 9.47 Å². The summed E-state index contributed by atoms with van der Waals surface area (Å²) in [5, 5.41) is 6.30. The van der Waals surface area contributed by atoms with Crippen LogP contribution in [0.15, 0.2) is 30.3 Å². The molecule has 3 N–H and O–H groups in total. The maximum Gasteiger partial charge on any atom is 0.341 e. The van der Waals surface area contributed by atoms with E-state index >= 15 is 0 Å². The first-order valence-corrected chi connectivity index (χ1v) is 13.4. The predicted octanol–water partition coefficient (Wildman–Crippen LogP) is 2.56. The molecule has 12 heteroatoms. The molecule has 184 valence electrons. The van der Waals surface area contributed by atoms with Crippen LogP contribution in [0.2, 0.25) is 0 Å². The van der Waals surface area contributed by atoms with E-state index in [-0.39, 0.29) is 29.3 Å². The highest BCUT2D eigenvalue weighted by atomic mass is 32.2. The van der Waals surface area contributed by atoms with Crippen molar-refractivity contribution < 1.29 is 32.3 Å². The number of rotatable bonds is 9. The van der Waals surface area contributed by atoms with Crippen molar-refractivity contribution in [3.05, 3.63) is 46.3 Å². The van der Waals surface area contributed by atoms with Crippen LogP contribution in [0.25, 0.3) is 0 Å². The maximum atomic E-state index is 12.5. The van der Waals surface area contributed by atoms with Crippen molar-refractivity contribution in [2.75, 3.05) is 42.6 Å². The zero-order valence-electron chi connectivity index (χ0n) is 18.9. The summed E-state index contributed by atoms with van der Waals surface area (Å²) < 4.78 is 35.2. The van der Waals surface area contributed by atoms with E-state index in [0.717, 1.165) is 37.1 Å². The van der Waals surface area contributed by atoms with Gasteiger partial charge < -0.3 is 20.1 Å². The maximum absolute atomic E-state index is 12.5. The van der Waals surface area contributed by atoms with E-state index in [2.05, 4.69) is 15.4 Å². The molecule has 1 amide bonds. The van der Waals surface area contributed by atoms with E-state index < -0.39 is 34.5 Å². The number of carbonyl (C=O) groups excluding carboxylic acids is 3. The monoisotopic (exact) mass is 509 g/mol. The lowest BCUT2D eigenvalue weighted by Crippen LogP contribution is -2.26. The molecule has 0 saturated carbocycles. The largest absolute Gasteiger partial charge is 0.462 e. The van der Waals surface area contributed by atoms with Gasteiger partial charge in [-0.1, -0.05) is 6.07 Å². The van der Waals surface area contributed by atoms with Gasteiger partial charge in [0, 0.05) is 10.6 Å². The van der Waals surface area contributed by atoms with Gasteiger partial charge in [-0.2, -0.15) is 0 Å². The molecule has 10 nitrogen and oxygen atoms in total. The van der Waals surface area contributed by atoms with Gasteiger partial charge in [-0.15, -0.1) is 11.3 Å². The summed E-state index contributed by atoms with van der Waals surface area (Å²) in [6, 6.07) is 7.49. The zero-order valence-corrected chi connectivity index (χ0v) is 20.5. The molecular formula is C22H27N3O7S2. The average Bonchev–Trinajstić information content (AvgIpc) is 3.21. The number of sulfonamides is 1. The van der Waals surface area contributed by atoms with Gasteiger partial charge in [0.05, 0.1) is 24.0 Å². The minimum Gasteiger partial charge on any atom is -0.462 e. The average molecular weight is 510 g/mol. The molecule has 2 heterocycles. The van der Waals surface area contributed by atoms with Crippen molar-refractivity contribution in [2.24, 2.45) is 0 Å². The highest BCUT2D eigenvalue weighted by molar-refractivity contribution is 7.92. The van der Waals surface area contributed by atoms with Crippen molar-refractivity contribution in [2.45, 2.75) is 25.7 Å². The Kier molecular flexibility index (Phi) is 8.64. The Bertz CT molecular complexity index is 1150. The van der Waals surface area contributed by atoms with Crippen molar-refractivity contribution in [3.8, 4) is 0 Å². The minimum atomic E-state index is -3.51. The first-order valence-electron chi connectivity index (χ1n) is 10.7. The number of hydrogen-bond donors (Lipinski definition) is 3. The summed E-state index contributed by atoms with van der Waals surface area (Å²) in [4.78, 5) is 38.2. The number of benzene rings is 1. The molecule has 1 aliphatic heterocycles. The van der Waals surface area contributed by atoms with Gasteiger partial charge in [0.25, 0.3) is 5.91 Å². The Balaban J connectivity index is 1.65. The molecular weight excluding hydrogens is 482 g/mol. The molecule has 2 aromatic rings.